The Balaban J connectivity index is 1.23. The maximum absolute atomic E-state index is 6.60. The molecule has 11 aromatic rings. The molecule has 0 spiro atoms. The Bertz CT molecular complexity index is 3080. The van der Waals surface area contributed by atoms with E-state index in [0.29, 0.717) is 17.5 Å². The van der Waals surface area contributed by atoms with E-state index in [2.05, 4.69) is 89.5 Å². The molecule has 238 valence electrons. The smallest absolute Gasteiger partial charge is 0.164 e. The number of furan rings is 1. The monoisotopic (exact) mass is 670 g/mol. The van der Waals surface area contributed by atoms with Crippen LogP contribution in [0.15, 0.2) is 162 Å². The van der Waals surface area contributed by atoms with Crippen LogP contribution in [0.3, 0.4) is 0 Å². The van der Waals surface area contributed by atoms with Gasteiger partial charge in [0.2, 0.25) is 0 Å². The molecule has 4 aromatic heterocycles. The fourth-order valence-electron chi connectivity index (χ4n) is 7.60. The third-order valence-corrected chi connectivity index (χ3v) is 11.1. The number of hydrogen-bond donors (Lipinski definition) is 0. The SMILES string of the molecule is c1ccc(-c2nc(-c3ccccc3)nc(-c3ccc(-n4c5ccccc5c5c6oc7ccccc7c6ccc54)c4sc5ccccc5c34)n2)cc1. The van der Waals surface area contributed by atoms with Crippen LogP contribution in [0.25, 0.3) is 104 Å². The zero-order valence-electron chi connectivity index (χ0n) is 27.1. The summed E-state index contributed by atoms with van der Waals surface area (Å²) in [6.07, 6.45) is 0. The van der Waals surface area contributed by atoms with Gasteiger partial charge in [-0.15, -0.1) is 11.3 Å². The Morgan fingerprint density at radius 3 is 1.84 bits per heavy atom. The molecule has 0 unspecified atom stereocenters. The molecule has 5 nitrogen and oxygen atoms in total. The van der Waals surface area contributed by atoms with Crippen LogP contribution in [0.2, 0.25) is 0 Å². The molecule has 4 heterocycles. The van der Waals surface area contributed by atoms with Gasteiger partial charge in [0.15, 0.2) is 17.5 Å². The van der Waals surface area contributed by atoms with E-state index in [1.54, 1.807) is 11.3 Å². The maximum atomic E-state index is 6.60. The van der Waals surface area contributed by atoms with Crippen molar-refractivity contribution in [2.75, 3.05) is 0 Å². The van der Waals surface area contributed by atoms with Crippen molar-refractivity contribution in [2.45, 2.75) is 0 Å². The van der Waals surface area contributed by atoms with E-state index in [9.17, 15) is 0 Å². The molecule has 0 amide bonds. The van der Waals surface area contributed by atoms with Crippen molar-refractivity contribution < 1.29 is 4.42 Å². The predicted molar refractivity (Wildman–Crippen MR) is 211 cm³/mol. The largest absolute Gasteiger partial charge is 0.455 e. The Hall–Kier alpha value is -6.63. The van der Waals surface area contributed by atoms with E-state index in [0.717, 1.165) is 71.5 Å². The van der Waals surface area contributed by atoms with Gasteiger partial charge >= 0.3 is 0 Å². The third-order valence-electron chi connectivity index (χ3n) is 9.87. The van der Waals surface area contributed by atoms with Gasteiger partial charge in [0, 0.05) is 48.3 Å². The lowest BCUT2D eigenvalue weighted by Gasteiger charge is -2.13. The standard InChI is InChI=1S/C45H26N4OS/c1-3-13-27(14-4-1)43-46-44(28-15-5-2-6-16-28)48-45(47-43)33-24-26-36(42-39(33)32-19-9-12-22-38(32)51-42)49-34-20-10-7-18-31(34)40-35(49)25-23-30-29-17-8-11-21-37(29)50-41(30)40/h1-26H. The summed E-state index contributed by atoms with van der Waals surface area (Å²) in [6.45, 7) is 0. The highest BCUT2D eigenvalue weighted by Crippen LogP contribution is 2.46. The Morgan fingerprint density at radius 1 is 0.451 bits per heavy atom. The van der Waals surface area contributed by atoms with Crippen molar-refractivity contribution in [3.05, 3.63) is 158 Å². The number of rotatable bonds is 4. The molecule has 7 aromatic carbocycles. The Labute approximate surface area is 295 Å². The summed E-state index contributed by atoms with van der Waals surface area (Å²) in [5, 5.41) is 6.85. The number of benzene rings is 7. The van der Waals surface area contributed by atoms with Crippen molar-refractivity contribution in [2.24, 2.45) is 0 Å². The van der Waals surface area contributed by atoms with E-state index < -0.39 is 0 Å². The van der Waals surface area contributed by atoms with Crippen LogP contribution in [0.5, 0.6) is 0 Å². The summed E-state index contributed by atoms with van der Waals surface area (Å²) in [5.74, 6) is 1.94. The topological polar surface area (TPSA) is 56.7 Å². The first-order valence-corrected chi connectivity index (χ1v) is 17.8. The van der Waals surface area contributed by atoms with Gasteiger partial charge < -0.3 is 8.98 Å². The average Bonchev–Trinajstić information content (AvgIpc) is 3.88. The van der Waals surface area contributed by atoms with Crippen molar-refractivity contribution in [1.82, 2.24) is 19.5 Å². The van der Waals surface area contributed by atoms with Gasteiger partial charge in [0.25, 0.3) is 0 Å². The summed E-state index contributed by atoms with van der Waals surface area (Å²) < 4.78 is 11.4. The minimum atomic E-state index is 0.647. The molecular formula is C45H26N4OS. The summed E-state index contributed by atoms with van der Waals surface area (Å²) in [4.78, 5) is 15.3. The zero-order valence-corrected chi connectivity index (χ0v) is 27.9. The fourth-order valence-corrected chi connectivity index (χ4v) is 8.83. The van der Waals surface area contributed by atoms with Gasteiger partial charge in [-0.2, -0.15) is 0 Å². The average molecular weight is 671 g/mol. The summed E-state index contributed by atoms with van der Waals surface area (Å²) >= 11 is 1.81. The molecule has 0 fully saturated rings. The second-order valence-corrected chi connectivity index (χ2v) is 13.8. The lowest BCUT2D eigenvalue weighted by Crippen LogP contribution is -2.01. The number of aromatic nitrogens is 4. The maximum Gasteiger partial charge on any atom is 0.164 e. The predicted octanol–water partition coefficient (Wildman–Crippen LogP) is 12.2. The molecule has 0 aliphatic rings. The number of fused-ring (bicyclic) bond motifs is 10. The van der Waals surface area contributed by atoms with Crippen LogP contribution in [0, 0.1) is 0 Å². The van der Waals surface area contributed by atoms with Crippen molar-refractivity contribution >= 4 is 75.3 Å². The highest BCUT2D eigenvalue weighted by molar-refractivity contribution is 7.26. The molecule has 0 saturated heterocycles. The van der Waals surface area contributed by atoms with Crippen LogP contribution < -0.4 is 0 Å². The lowest BCUT2D eigenvalue weighted by atomic mass is 10.0. The summed E-state index contributed by atoms with van der Waals surface area (Å²) in [5.41, 5.74) is 8.03. The molecule has 0 aliphatic carbocycles. The van der Waals surface area contributed by atoms with Crippen LogP contribution >= 0.6 is 11.3 Å². The molecule has 6 heteroatoms. The third kappa shape index (κ3) is 4.24. The second kappa shape index (κ2) is 10.9. The lowest BCUT2D eigenvalue weighted by molar-refractivity contribution is 0.673. The number of nitrogens with zero attached hydrogens (tertiary/aromatic N) is 4. The van der Waals surface area contributed by atoms with E-state index in [1.807, 2.05) is 72.8 Å². The van der Waals surface area contributed by atoms with Crippen LogP contribution in [-0.2, 0) is 0 Å². The molecule has 51 heavy (non-hydrogen) atoms. The molecular weight excluding hydrogens is 645 g/mol. The minimum absolute atomic E-state index is 0.647. The first kappa shape index (κ1) is 28.2. The van der Waals surface area contributed by atoms with Crippen LogP contribution in [0.1, 0.15) is 0 Å². The Kier molecular flexibility index (Phi) is 6.05. The normalized spacial score (nSPS) is 11.9. The molecule has 0 atom stereocenters. The molecule has 0 saturated carbocycles. The van der Waals surface area contributed by atoms with Gasteiger partial charge in [-0.25, -0.2) is 15.0 Å². The molecule has 11 rings (SSSR count). The van der Waals surface area contributed by atoms with Gasteiger partial charge in [-0.3, -0.25) is 0 Å². The van der Waals surface area contributed by atoms with Gasteiger partial charge in [0.05, 0.1) is 26.8 Å². The second-order valence-electron chi connectivity index (χ2n) is 12.8. The van der Waals surface area contributed by atoms with E-state index in [1.165, 1.54) is 14.8 Å². The van der Waals surface area contributed by atoms with Crippen molar-refractivity contribution in [3.63, 3.8) is 0 Å². The minimum Gasteiger partial charge on any atom is -0.455 e. The highest BCUT2D eigenvalue weighted by atomic mass is 32.1. The first-order valence-electron chi connectivity index (χ1n) is 17.0. The molecule has 0 aliphatic heterocycles. The summed E-state index contributed by atoms with van der Waals surface area (Å²) in [6, 6.07) is 54.7. The molecule has 0 bridgehead atoms. The molecule has 0 radical (unpaired) electrons. The number of thiophene rings is 1. The van der Waals surface area contributed by atoms with Crippen molar-refractivity contribution in [1.29, 1.82) is 0 Å². The zero-order chi connectivity index (χ0) is 33.5. The van der Waals surface area contributed by atoms with Gasteiger partial charge in [0.1, 0.15) is 11.2 Å². The highest BCUT2D eigenvalue weighted by Gasteiger charge is 2.23. The Morgan fingerprint density at radius 2 is 1.08 bits per heavy atom. The molecule has 0 N–H and O–H groups in total. The van der Waals surface area contributed by atoms with Crippen LogP contribution in [0.4, 0.5) is 0 Å². The number of hydrogen-bond acceptors (Lipinski definition) is 5. The van der Waals surface area contributed by atoms with Gasteiger partial charge in [-0.05, 0) is 42.5 Å². The quantitative estimate of drug-likeness (QED) is 0.187. The van der Waals surface area contributed by atoms with E-state index in [-0.39, 0.29) is 0 Å². The fraction of sp³-hybridized carbons (Fsp3) is 0. The van der Waals surface area contributed by atoms with E-state index >= 15 is 0 Å². The first-order chi connectivity index (χ1) is 25.3. The number of para-hydroxylation sites is 2. The van der Waals surface area contributed by atoms with Crippen LogP contribution in [-0.4, -0.2) is 19.5 Å². The van der Waals surface area contributed by atoms with Crippen molar-refractivity contribution in [3.8, 4) is 39.9 Å². The summed E-state index contributed by atoms with van der Waals surface area (Å²) in [7, 11) is 0. The van der Waals surface area contributed by atoms with E-state index in [4.69, 9.17) is 19.4 Å². The van der Waals surface area contributed by atoms with Gasteiger partial charge in [-0.1, -0.05) is 115 Å².